The number of fused-ring (bicyclic) bond motifs is 2. The van der Waals surface area contributed by atoms with Gasteiger partial charge in [-0.1, -0.05) is 60.7 Å². The number of benzene rings is 3. The van der Waals surface area contributed by atoms with Crippen molar-refractivity contribution in [3.63, 3.8) is 0 Å². The maximum absolute atomic E-state index is 13.9. The molecule has 6 rings (SSSR count). The topological polar surface area (TPSA) is 134 Å². The van der Waals surface area contributed by atoms with Gasteiger partial charge in [-0.05, 0) is 41.3 Å². The van der Waals surface area contributed by atoms with Gasteiger partial charge in [-0.25, -0.2) is 8.42 Å². The molecule has 182 valence electrons. The fourth-order valence-corrected chi connectivity index (χ4v) is 6.54. The number of guanidine groups is 1. The van der Waals surface area contributed by atoms with Gasteiger partial charge in [0.1, 0.15) is 6.17 Å². The van der Waals surface area contributed by atoms with E-state index in [-0.39, 0.29) is 23.4 Å². The lowest BCUT2D eigenvalue weighted by Crippen LogP contribution is -2.57. The molecule has 0 radical (unpaired) electrons. The van der Waals surface area contributed by atoms with Crippen LogP contribution >= 0.6 is 0 Å². The second-order valence-corrected chi connectivity index (χ2v) is 10.8. The summed E-state index contributed by atoms with van der Waals surface area (Å²) in [6, 6.07) is 24.0. The molecule has 0 aliphatic carbocycles. The molecule has 2 aliphatic heterocycles. The lowest BCUT2D eigenvalue weighted by molar-refractivity contribution is 0.233. The summed E-state index contributed by atoms with van der Waals surface area (Å²) >= 11 is 0. The van der Waals surface area contributed by atoms with E-state index in [9.17, 15) is 8.42 Å². The Kier molecular flexibility index (Phi) is 5.27. The molecule has 4 aromatic rings. The van der Waals surface area contributed by atoms with Crippen LogP contribution < -0.4 is 15.8 Å². The molecule has 2 aliphatic rings. The molecule has 0 spiro atoms. The molecule has 5 N–H and O–H groups in total. The van der Waals surface area contributed by atoms with Gasteiger partial charge >= 0.3 is 0 Å². The third-order valence-corrected chi connectivity index (χ3v) is 8.59. The standard InChI is InChI=1S/C26H25N7O2S/c27-24-22-15-29-31-25(22)30-26(28)33(24)20-14-19-8-4-5-9-23(19)32(16-20)36(34,35)21-12-10-18(11-13-21)17-6-2-1-3-7-17/h1-13,15,20,24H,14,16,27H2,(H3,28,29,30,31). The maximum atomic E-state index is 13.9. The predicted molar refractivity (Wildman–Crippen MR) is 139 cm³/mol. The van der Waals surface area contributed by atoms with E-state index in [4.69, 9.17) is 11.5 Å². The van der Waals surface area contributed by atoms with Gasteiger partial charge in [-0.3, -0.25) is 9.40 Å². The van der Waals surface area contributed by atoms with Crippen LogP contribution in [0, 0.1) is 0 Å². The zero-order valence-corrected chi connectivity index (χ0v) is 20.1. The summed E-state index contributed by atoms with van der Waals surface area (Å²) in [5.41, 5.74) is 17.1. The van der Waals surface area contributed by atoms with Crippen LogP contribution in [0.3, 0.4) is 0 Å². The maximum Gasteiger partial charge on any atom is 0.264 e. The Morgan fingerprint density at radius 2 is 1.61 bits per heavy atom. The minimum atomic E-state index is -3.86. The van der Waals surface area contributed by atoms with E-state index in [0.29, 0.717) is 23.5 Å². The molecule has 10 heteroatoms. The number of rotatable bonds is 4. The molecule has 0 fully saturated rings. The summed E-state index contributed by atoms with van der Waals surface area (Å²) in [6.07, 6.45) is 1.61. The van der Waals surface area contributed by atoms with Gasteiger partial charge in [0.25, 0.3) is 10.0 Å². The van der Waals surface area contributed by atoms with Gasteiger partial charge in [-0.15, -0.1) is 0 Å². The Bertz CT molecular complexity index is 1550. The number of hydrogen-bond donors (Lipinski definition) is 3. The summed E-state index contributed by atoms with van der Waals surface area (Å²) in [5.74, 6) is 0.753. The van der Waals surface area contributed by atoms with E-state index < -0.39 is 16.2 Å². The van der Waals surface area contributed by atoms with Crippen molar-refractivity contribution in [3.05, 3.63) is 96.2 Å². The largest absolute Gasteiger partial charge is 0.369 e. The van der Waals surface area contributed by atoms with E-state index in [1.807, 2.05) is 66.7 Å². The van der Waals surface area contributed by atoms with Crippen molar-refractivity contribution >= 4 is 27.5 Å². The molecule has 0 saturated carbocycles. The molecule has 0 amide bonds. The van der Waals surface area contributed by atoms with Crippen LogP contribution in [0.4, 0.5) is 11.5 Å². The van der Waals surface area contributed by atoms with Crippen LogP contribution in [0.25, 0.3) is 11.1 Å². The first-order chi connectivity index (χ1) is 17.4. The van der Waals surface area contributed by atoms with E-state index in [0.717, 1.165) is 16.7 Å². The fraction of sp³-hybridized carbons (Fsp3) is 0.154. The second-order valence-electron chi connectivity index (χ2n) is 8.91. The highest BCUT2D eigenvalue weighted by Gasteiger charge is 2.40. The van der Waals surface area contributed by atoms with Gasteiger partial charge in [0, 0.05) is 0 Å². The van der Waals surface area contributed by atoms with Crippen LogP contribution in [0.5, 0.6) is 0 Å². The molecule has 3 heterocycles. The average molecular weight is 500 g/mol. The highest BCUT2D eigenvalue weighted by atomic mass is 32.2. The first-order valence-corrected chi connectivity index (χ1v) is 13.0. The average Bonchev–Trinajstić information content (AvgIpc) is 3.37. The van der Waals surface area contributed by atoms with Crippen molar-refractivity contribution < 1.29 is 8.42 Å². The van der Waals surface area contributed by atoms with Crippen LogP contribution in [0.2, 0.25) is 0 Å². The molecular weight excluding hydrogens is 474 g/mol. The molecule has 0 saturated heterocycles. The number of aliphatic imine (C=N–C) groups is 1. The van der Waals surface area contributed by atoms with Crippen molar-refractivity contribution in [2.45, 2.75) is 23.5 Å². The van der Waals surface area contributed by atoms with Crippen molar-refractivity contribution in [1.29, 1.82) is 0 Å². The second kappa shape index (κ2) is 8.51. The van der Waals surface area contributed by atoms with Crippen LogP contribution in [-0.2, 0) is 16.4 Å². The fourth-order valence-electron chi connectivity index (χ4n) is 5.00. The van der Waals surface area contributed by atoms with Crippen molar-refractivity contribution in [2.24, 2.45) is 16.5 Å². The summed E-state index contributed by atoms with van der Waals surface area (Å²) in [4.78, 5) is 6.42. The Morgan fingerprint density at radius 3 is 2.39 bits per heavy atom. The monoisotopic (exact) mass is 499 g/mol. The molecule has 2 atom stereocenters. The Balaban J connectivity index is 1.37. The number of para-hydroxylation sites is 1. The van der Waals surface area contributed by atoms with Crippen molar-refractivity contribution in [3.8, 4) is 11.1 Å². The minimum Gasteiger partial charge on any atom is -0.369 e. The molecular formula is C26H25N7O2S. The number of hydrogen-bond acceptors (Lipinski definition) is 7. The predicted octanol–water partition coefficient (Wildman–Crippen LogP) is 3.12. The zero-order valence-electron chi connectivity index (χ0n) is 19.3. The number of H-pyrrole nitrogens is 1. The van der Waals surface area contributed by atoms with Gasteiger partial charge in [0.2, 0.25) is 0 Å². The molecule has 36 heavy (non-hydrogen) atoms. The summed E-state index contributed by atoms with van der Waals surface area (Å²) in [7, 11) is -3.86. The lowest BCUT2D eigenvalue weighted by atomic mass is 9.97. The van der Waals surface area contributed by atoms with Crippen LogP contribution in [0.15, 0.2) is 94.9 Å². The lowest BCUT2D eigenvalue weighted by Gasteiger charge is -2.44. The van der Waals surface area contributed by atoms with E-state index >= 15 is 0 Å². The molecule has 3 aromatic carbocycles. The number of nitrogens with zero attached hydrogens (tertiary/aromatic N) is 4. The van der Waals surface area contributed by atoms with Crippen molar-refractivity contribution in [1.82, 2.24) is 15.1 Å². The Morgan fingerprint density at radius 1 is 0.917 bits per heavy atom. The highest BCUT2D eigenvalue weighted by molar-refractivity contribution is 7.92. The smallest absolute Gasteiger partial charge is 0.264 e. The van der Waals surface area contributed by atoms with E-state index in [2.05, 4.69) is 15.2 Å². The summed E-state index contributed by atoms with van der Waals surface area (Å²) in [5, 5.41) is 6.82. The highest BCUT2D eigenvalue weighted by Crippen LogP contribution is 2.37. The van der Waals surface area contributed by atoms with Crippen LogP contribution in [-0.4, -0.2) is 42.1 Å². The summed E-state index contributed by atoms with van der Waals surface area (Å²) < 4.78 is 29.3. The number of anilines is 1. The third-order valence-electron chi connectivity index (χ3n) is 6.79. The van der Waals surface area contributed by atoms with Gasteiger partial charge in [0.05, 0.1) is 34.9 Å². The minimum absolute atomic E-state index is 0.177. The SMILES string of the molecule is NC1=Nc2[nH]ncc2C(N)N1C1Cc2ccccc2N(S(=O)(=O)c2ccc(-c3ccccc3)cc2)C1. The molecule has 9 nitrogen and oxygen atoms in total. The quantitative estimate of drug-likeness (QED) is 0.395. The Hall–Kier alpha value is -4.15. The molecule has 1 aromatic heterocycles. The van der Waals surface area contributed by atoms with E-state index in [1.54, 1.807) is 23.2 Å². The number of aromatic amines is 1. The molecule has 2 unspecified atom stereocenters. The van der Waals surface area contributed by atoms with Gasteiger partial charge in [0.15, 0.2) is 11.8 Å². The Labute approximate surface area is 209 Å². The summed E-state index contributed by atoms with van der Waals surface area (Å²) in [6.45, 7) is 0.177. The molecule has 0 bridgehead atoms. The number of sulfonamides is 1. The van der Waals surface area contributed by atoms with Crippen LogP contribution in [0.1, 0.15) is 17.3 Å². The first-order valence-electron chi connectivity index (χ1n) is 11.6. The van der Waals surface area contributed by atoms with Gasteiger partial charge in [-0.2, -0.15) is 10.1 Å². The number of nitrogens with two attached hydrogens (primary N) is 2. The number of aromatic nitrogens is 2. The van der Waals surface area contributed by atoms with E-state index in [1.165, 1.54) is 4.31 Å². The first kappa shape index (κ1) is 22.3. The van der Waals surface area contributed by atoms with Crippen molar-refractivity contribution in [2.75, 3.05) is 10.8 Å². The van der Waals surface area contributed by atoms with Gasteiger partial charge < -0.3 is 16.4 Å². The number of nitrogens with one attached hydrogen (secondary N) is 1. The zero-order chi connectivity index (χ0) is 24.9. The normalized spacial score (nSPS) is 19.4. The third kappa shape index (κ3) is 3.62.